The lowest BCUT2D eigenvalue weighted by Crippen LogP contribution is -2.30. The number of nitrogens with one attached hydrogen (secondary N) is 1. The molecule has 0 aliphatic heterocycles. The van der Waals surface area contributed by atoms with E-state index in [0.717, 1.165) is 79.5 Å². The van der Waals surface area contributed by atoms with E-state index < -0.39 is 0 Å². The van der Waals surface area contributed by atoms with E-state index >= 15 is 0 Å². The van der Waals surface area contributed by atoms with Crippen molar-refractivity contribution in [3.8, 4) is 5.75 Å². The van der Waals surface area contributed by atoms with Crippen LogP contribution in [0.2, 0.25) is 0 Å². The number of rotatable bonds is 13. The van der Waals surface area contributed by atoms with Crippen LogP contribution in [0.15, 0.2) is 18.2 Å². The van der Waals surface area contributed by atoms with E-state index in [0.29, 0.717) is 13.0 Å². The number of aromatic amines is 1. The third kappa shape index (κ3) is 7.01. The second-order valence-electron chi connectivity index (χ2n) is 8.37. The summed E-state index contributed by atoms with van der Waals surface area (Å²) in [6.45, 7) is 7.32. The predicted molar refractivity (Wildman–Crippen MR) is 128 cm³/mol. The molecule has 6 nitrogen and oxygen atoms in total. The van der Waals surface area contributed by atoms with Gasteiger partial charge >= 0.3 is 0 Å². The third-order valence-electron chi connectivity index (χ3n) is 5.85. The number of fused-ring (bicyclic) bond motifs is 1. The highest BCUT2D eigenvalue weighted by Crippen LogP contribution is 2.33. The first kappa shape index (κ1) is 24.8. The molecule has 172 valence electrons. The molecule has 1 heterocycles. The SMILES string of the molecule is CCCCN(C)C(=O)CCCCCCCN(C(C)=O)c1c(C)[nH]c2ccc(OC)cc12. The van der Waals surface area contributed by atoms with Crippen LogP contribution in [0.5, 0.6) is 5.75 Å². The van der Waals surface area contributed by atoms with E-state index in [1.165, 1.54) is 0 Å². The van der Waals surface area contributed by atoms with Gasteiger partial charge in [-0.1, -0.05) is 32.6 Å². The topological polar surface area (TPSA) is 65.6 Å². The minimum absolute atomic E-state index is 0.0486. The molecule has 0 saturated heterocycles. The van der Waals surface area contributed by atoms with Crippen LogP contribution in [0.4, 0.5) is 5.69 Å². The van der Waals surface area contributed by atoms with Crippen molar-refractivity contribution < 1.29 is 14.3 Å². The average Bonchev–Trinajstić information content (AvgIpc) is 3.08. The van der Waals surface area contributed by atoms with Crippen molar-refractivity contribution in [3.63, 3.8) is 0 Å². The van der Waals surface area contributed by atoms with Crippen LogP contribution in [-0.2, 0) is 9.59 Å². The molecule has 2 amide bonds. The standard InChI is InChI=1S/C25H39N3O3/c1-6-7-16-27(4)24(30)13-11-9-8-10-12-17-28(20(3)29)25-19(2)26-23-15-14-21(31-5)18-22(23)25/h14-15,18,26H,6-13,16-17H2,1-5H3. The lowest BCUT2D eigenvalue weighted by atomic mass is 10.1. The maximum absolute atomic E-state index is 12.4. The first-order valence-electron chi connectivity index (χ1n) is 11.6. The molecule has 31 heavy (non-hydrogen) atoms. The number of hydrogen-bond acceptors (Lipinski definition) is 3. The van der Waals surface area contributed by atoms with Crippen molar-refractivity contribution in [2.24, 2.45) is 0 Å². The normalized spacial score (nSPS) is 11.0. The summed E-state index contributed by atoms with van der Waals surface area (Å²) in [5.41, 5.74) is 2.94. The van der Waals surface area contributed by atoms with Crippen LogP contribution >= 0.6 is 0 Å². The van der Waals surface area contributed by atoms with Gasteiger partial charge in [-0.15, -0.1) is 0 Å². The summed E-state index contributed by atoms with van der Waals surface area (Å²) in [5.74, 6) is 1.08. The van der Waals surface area contributed by atoms with E-state index in [1.807, 2.05) is 42.0 Å². The highest BCUT2D eigenvalue weighted by molar-refractivity contribution is 6.04. The van der Waals surface area contributed by atoms with E-state index in [-0.39, 0.29) is 11.8 Å². The lowest BCUT2D eigenvalue weighted by molar-refractivity contribution is -0.130. The minimum Gasteiger partial charge on any atom is -0.497 e. The van der Waals surface area contributed by atoms with Crippen LogP contribution in [0, 0.1) is 6.92 Å². The fraction of sp³-hybridized carbons (Fsp3) is 0.600. The van der Waals surface area contributed by atoms with Gasteiger partial charge in [0.2, 0.25) is 11.8 Å². The number of hydrogen-bond donors (Lipinski definition) is 1. The van der Waals surface area contributed by atoms with Crippen LogP contribution in [0.25, 0.3) is 10.9 Å². The summed E-state index contributed by atoms with van der Waals surface area (Å²) in [6, 6.07) is 5.90. The minimum atomic E-state index is 0.0486. The van der Waals surface area contributed by atoms with Crippen molar-refractivity contribution in [2.75, 3.05) is 32.1 Å². The molecule has 0 aliphatic carbocycles. The van der Waals surface area contributed by atoms with Gasteiger partial charge in [-0.05, 0) is 44.4 Å². The molecule has 0 saturated carbocycles. The summed E-state index contributed by atoms with van der Waals surface area (Å²) < 4.78 is 5.37. The predicted octanol–water partition coefficient (Wildman–Crippen LogP) is 5.44. The first-order chi connectivity index (χ1) is 14.9. The van der Waals surface area contributed by atoms with Crippen LogP contribution < -0.4 is 9.64 Å². The second-order valence-corrected chi connectivity index (χ2v) is 8.37. The Bertz CT molecular complexity index is 859. The Kier molecular flexibility index (Phi) is 9.89. The Labute approximate surface area is 186 Å². The average molecular weight is 430 g/mol. The van der Waals surface area contributed by atoms with E-state index in [1.54, 1.807) is 14.0 Å². The van der Waals surface area contributed by atoms with Crippen LogP contribution in [0.3, 0.4) is 0 Å². The van der Waals surface area contributed by atoms with Gasteiger partial charge in [0.05, 0.1) is 12.8 Å². The van der Waals surface area contributed by atoms with Crippen LogP contribution in [-0.4, -0.2) is 48.9 Å². The summed E-state index contributed by atoms with van der Waals surface area (Å²) in [4.78, 5) is 31.6. The van der Waals surface area contributed by atoms with Crippen molar-refractivity contribution in [3.05, 3.63) is 23.9 Å². The van der Waals surface area contributed by atoms with Crippen molar-refractivity contribution >= 4 is 28.4 Å². The maximum atomic E-state index is 12.4. The van der Waals surface area contributed by atoms with Gasteiger partial charge in [0.25, 0.3) is 0 Å². The quantitative estimate of drug-likeness (QED) is 0.431. The highest BCUT2D eigenvalue weighted by Gasteiger charge is 2.19. The zero-order valence-corrected chi connectivity index (χ0v) is 19.9. The fourth-order valence-corrected chi connectivity index (χ4v) is 3.98. The van der Waals surface area contributed by atoms with E-state index in [9.17, 15) is 9.59 Å². The molecule has 1 aromatic heterocycles. The number of aryl methyl sites for hydroxylation is 1. The first-order valence-corrected chi connectivity index (χ1v) is 11.6. The molecule has 0 bridgehead atoms. The van der Waals surface area contributed by atoms with Gasteiger partial charge < -0.3 is 19.5 Å². The molecular weight excluding hydrogens is 390 g/mol. The number of benzene rings is 1. The number of unbranched alkanes of at least 4 members (excludes halogenated alkanes) is 5. The molecule has 0 aliphatic rings. The molecule has 0 spiro atoms. The van der Waals surface area contributed by atoms with Crippen molar-refractivity contribution in [2.45, 2.75) is 72.1 Å². The van der Waals surface area contributed by atoms with Gasteiger partial charge in [0.15, 0.2) is 0 Å². The summed E-state index contributed by atoms with van der Waals surface area (Å²) in [5, 5.41) is 1.01. The molecule has 1 N–H and O–H groups in total. The molecule has 0 unspecified atom stereocenters. The summed E-state index contributed by atoms with van der Waals surface area (Å²) in [6.07, 6.45) is 7.88. The molecular formula is C25H39N3O3. The molecule has 0 fully saturated rings. The molecule has 0 radical (unpaired) electrons. The molecule has 2 aromatic rings. The number of aromatic nitrogens is 1. The smallest absolute Gasteiger partial charge is 0.223 e. The Morgan fingerprint density at radius 3 is 2.42 bits per heavy atom. The molecule has 0 atom stereocenters. The monoisotopic (exact) mass is 429 g/mol. The van der Waals surface area contributed by atoms with Gasteiger partial charge in [0.1, 0.15) is 5.75 Å². The number of anilines is 1. The maximum Gasteiger partial charge on any atom is 0.223 e. The van der Waals surface area contributed by atoms with Gasteiger partial charge in [-0.3, -0.25) is 9.59 Å². The number of carbonyl (C=O) groups is 2. The largest absolute Gasteiger partial charge is 0.497 e. The van der Waals surface area contributed by atoms with Crippen molar-refractivity contribution in [1.29, 1.82) is 0 Å². The third-order valence-corrected chi connectivity index (χ3v) is 5.85. The lowest BCUT2D eigenvalue weighted by Gasteiger charge is -2.22. The van der Waals surface area contributed by atoms with Gasteiger partial charge in [-0.2, -0.15) is 0 Å². The Hall–Kier alpha value is -2.50. The summed E-state index contributed by atoms with van der Waals surface area (Å²) >= 11 is 0. The second kappa shape index (κ2) is 12.4. The fourth-order valence-electron chi connectivity index (χ4n) is 3.98. The number of H-pyrrole nitrogens is 1. The molecule has 6 heteroatoms. The van der Waals surface area contributed by atoms with E-state index in [2.05, 4.69) is 11.9 Å². The number of nitrogens with zero attached hydrogens (tertiary/aromatic N) is 2. The highest BCUT2D eigenvalue weighted by atomic mass is 16.5. The molecule has 1 aromatic carbocycles. The zero-order valence-electron chi connectivity index (χ0n) is 19.9. The van der Waals surface area contributed by atoms with Gasteiger partial charge in [-0.25, -0.2) is 0 Å². The number of amides is 2. The zero-order chi connectivity index (χ0) is 22.8. The van der Waals surface area contributed by atoms with Gasteiger partial charge in [0, 0.05) is 50.1 Å². The molecule has 2 rings (SSSR count). The Balaban J connectivity index is 1.83. The van der Waals surface area contributed by atoms with Crippen molar-refractivity contribution in [1.82, 2.24) is 9.88 Å². The Morgan fingerprint density at radius 2 is 1.74 bits per heavy atom. The number of carbonyl (C=O) groups excluding carboxylic acids is 2. The van der Waals surface area contributed by atoms with Crippen LogP contribution in [0.1, 0.15) is 70.9 Å². The summed E-state index contributed by atoms with van der Waals surface area (Å²) in [7, 11) is 3.55. The Morgan fingerprint density at radius 1 is 1.03 bits per heavy atom. The number of ether oxygens (including phenoxy) is 1. The van der Waals surface area contributed by atoms with E-state index in [4.69, 9.17) is 4.74 Å². The number of methoxy groups -OCH3 is 1.